The van der Waals surface area contributed by atoms with Gasteiger partial charge in [-0.05, 0) is 41.0 Å². The average molecular weight is 558 g/mol. The molecule has 3 aromatic carbocycles. The zero-order valence-electron chi connectivity index (χ0n) is 19.2. The van der Waals surface area contributed by atoms with Crippen molar-refractivity contribution in [2.24, 2.45) is 4.99 Å². The fourth-order valence-corrected chi connectivity index (χ4v) is 3.06. The van der Waals surface area contributed by atoms with Gasteiger partial charge >= 0.3 is 0 Å². The third-order valence-corrected chi connectivity index (χ3v) is 4.92. The third-order valence-electron chi connectivity index (χ3n) is 4.92. The molecule has 0 spiro atoms. The molecule has 3 aromatic rings. The Morgan fingerprint density at radius 2 is 1.36 bits per heavy atom. The minimum atomic E-state index is -0.00142. The zero-order valence-corrected chi connectivity index (χ0v) is 21.6. The number of benzene rings is 3. The van der Waals surface area contributed by atoms with Gasteiger partial charge in [0.25, 0.3) is 5.91 Å². The first kappa shape index (κ1) is 26.2. The second kappa shape index (κ2) is 13.5. The summed E-state index contributed by atoms with van der Waals surface area (Å²) < 4.78 is 5.84. The van der Waals surface area contributed by atoms with E-state index in [0.29, 0.717) is 31.2 Å². The van der Waals surface area contributed by atoms with Crippen molar-refractivity contribution in [1.29, 1.82) is 0 Å². The molecule has 0 aliphatic heterocycles. The lowest BCUT2D eigenvalue weighted by Crippen LogP contribution is -2.36. The Labute approximate surface area is 213 Å². The molecule has 2 N–H and O–H groups in total. The molecule has 0 saturated heterocycles. The summed E-state index contributed by atoms with van der Waals surface area (Å²) in [4.78, 5) is 17.8. The van der Waals surface area contributed by atoms with Gasteiger partial charge < -0.3 is 20.3 Å². The van der Waals surface area contributed by atoms with E-state index in [1.165, 1.54) is 0 Å². The third kappa shape index (κ3) is 8.42. The van der Waals surface area contributed by atoms with Crippen molar-refractivity contribution in [2.75, 3.05) is 21.1 Å². The van der Waals surface area contributed by atoms with Crippen LogP contribution in [0.15, 0.2) is 83.9 Å². The molecule has 174 valence electrons. The van der Waals surface area contributed by atoms with Gasteiger partial charge in [0.15, 0.2) is 5.96 Å². The highest BCUT2D eigenvalue weighted by molar-refractivity contribution is 14.0. The van der Waals surface area contributed by atoms with Crippen LogP contribution in [0.1, 0.15) is 27.0 Å². The van der Waals surface area contributed by atoms with E-state index in [1.54, 1.807) is 26.0 Å². The topological polar surface area (TPSA) is 66.0 Å². The maximum atomic E-state index is 12.0. The van der Waals surface area contributed by atoms with Crippen molar-refractivity contribution in [3.8, 4) is 5.75 Å². The Morgan fingerprint density at radius 3 is 1.88 bits per heavy atom. The Kier molecular flexibility index (Phi) is 10.7. The largest absolute Gasteiger partial charge is 0.489 e. The number of halogens is 1. The molecule has 0 saturated carbocycles. The Balaban J connectivity index is 0.00000385. The summed E-state index contributed by atoms with van der Waals surface area (Å²) >= 11 is 0. The van der Waals surface area contributed by atoms with Crippen LogP contribution in [0.25, 0.3) is 0 Å². The number of guanidine groups is 1. The standard InChI is InChI=1S/C26H30N4O2.HI/c1-27-26(28-17-20-9-13-23(14-10-20)25(31)30(2)3)29-18-21-11-15-24(16-12-21)32-19-22-7-5-4-6-8-22;/h4-16H,17-19H2,1-3H3,(H2,27,28,29);1H. The van der Waals surface area contributed by atoms with Crippen molar-refractivity contribution in [3.05, 3.63) is 101 Å². The predicted molar refractivity (Wildman–Crippen MR) is 144 cm³/mol. The van der Waals surface area contributed by atoms with E-state index in [4.69, 9.17) is 4.74 Å². The summed E-state index contributed by atoms with van der Waals surface area (Å²) in [5.74, 6) is 1.55. The van der Waals surface area contributed by atoms with Gasteiger partial charge in [-0.3, -0.25) is 9.79 Å². The van der Waals surface area contributed by atoms with Crippen molar-refractivity contribution in [3.63, 3.8) is 0 Å². The average Bonchev–Trinajstić information content (AvgIpc) is 2.84. The number of amides is 1. The van der Waals surface area contributed by atoms with Crippen LogP contribution in [0, 0.1) is 0 Å². The first-order valence-electron chi connectivity index (χ1n) is 10.6. The van der Waals surface area contributed by atoms with E-state index < -0.39 is 0 Å². The summed E-state index contributed by atoms with van der Waals surface area (Å²) in [6.45, 7) is 1.82. The number of aliphatic imine (C=N–C) groups is 1. The molecule has 0 unspecified atom stereocenters. The molecule has 7 heteroatoms. The van der Waals surface area contributed by atoms with Crippen molar-refractivity contribution in [2.45, 2.75) is 19.7 Å². The molecular weight excluding hydrogens is 527 g/mol. The number of hydrogen-bond acceptors (Lipinski definition) is 3. The van der Waals surface area contributed by atoms with Gasteiger partial charge in [0.2, 0.25) is 0 Å². The van der Waals surface area contributed by atoms with Gasteiger partial charge in [-0.15, -0.1) is 24.0 Å². The van der Waals surface area contributed by atoms with Crippen LogP contribution in [0.4, 0.5) is 0 Å². The lowest BCUT2D eigenvalue weighted by Gasteiger charge is -2.13. The quantitative estimate of drug-likeness (QED) is 0.244. The van der Waals surface area contributed by atoms with E-state index in [9.17, 15) is 4.79 Å². The smallest absolute Gasteiger partial charge is 0.253 e. The van der Waals surface area contributed by atoms with Crippen LogP contribution in [0.5, 0.6) is 5.75 Å². The van der Waals surface area contributed by atoms with Gasteiger partial charge in [-0.25, -0.2) is 0 Å². The minimum Gasteiger partial charge on any atom is -0.489 e. The molecular formula is C26H31IN4O2. The molecule has 0 aliphatic carbocycles. The summed E-state index contributed by atoms with van der Waals surface area (Å²) in [7, 11) is 5.24. The highest BCUT2D eigenvalue weighted by Gasteiger charge is 2.07. The Bertz CT molecular complexity index is 1020. The van der Waals surface area contributed by atoms with E-state index >= 15 is 0 Å². The maximum absolute atomic E-state index is 12.0. The molecule has 3 rings (SSSR count). The first-order valence-corrected chi connectivity index (χ1v) is 10.6. The Morgan fingerprint density at radius 1 is 0.818 bits per heavy atom. The van der Waals surface area contributed by atoms with E-state index in [2.05, 4.69) is 27.8 Å². The maximum Gasteiger partial charge on any atom is 0.253 e. The van der Waals surface area contributed by atoms with Crippen molar-refractivity contribution in [1.82, 2.24) is 15.5 Å². The second-order valence-corrected chi connectivity index (χ2v) is 7.59. The van der Waals surface area contributed by atoms with Crippen molar-refractivity contribution >= 4 is 35.8 Å². The van der Waals surface area contributed by atoms with Crippen LogP contribution in [-0.2, 0) is 19.7 Å². The molecule has 0 aliphatic rings. The highest BCUT2D eigenvalue weighted by atomic mass is 127. The summed E-state index contributed by atoms with van der Waals surface area (Å²) in [5.41, 5.74) is 4.03. The van der Waals surface area contributed by atoms with Crippen molar-refractivity contribution < 1.29 is 9.53 Å². The molecule has 0 radical (unpaired) electrons. The highest BCUT2D eigenvalue weighted by Crippen LogP contribution is 2.14. The number of carbonyl (C=O) groups is 1. The van der Waals surface area contributed by atoms with Gasteiger partial charge in [0, 0.05) is 39.8 Å². The molecule has 0 bridgehead atoms. The fourth-order valence-electron chi connectivity index (χ4n) is 3.06. The van der Waals surface area contributed by atoms with E-state index in [1.807, 2.05) is 66.7 Å². The van der Waals surface area contributed by atoms with Crippen LogP contribution in [0.2, 0.25) is 0 Å². The van der Waals surface area contributed by atoms with E-state index in [-0.39, 0.29) is 29.9 Å². The molecule has 33 heavy (non-hydrogen) atoms. The predicted octanol–water partition coefficient (Wildman–Crippen LogP) is 4.45. The number of rotatable bonds is 8. The number of nitrogens with one attached hydrogen (secondary N) is 2. The van der Waals surface area contributed by atoms with Gasteiger partial charge in [-0.1, -0.05) is 54.6 Å². The molecule has 6 nitrogen and oxygen atoms in total. The molecule has 0 heterocycles. The van der Waals surface area contributed by atoms with E-state index in [0.717, 1.165) is 22.4 Å². The molecule has 1 amide bonds. The van der Waals surface area contributed by atoms with Crippen LogP contribution < -0.4 is 15.4 Å². The molecule has 0 aromatic heterocycles. The minimum absolute atomic E-state index is 0. The molecule has 0 fully saturated rings. The number of hydrogen-bond donors (Lipinski definition) is 2. The normalized spacial score (nSPS) is 10.7. The lowest BCUT2D eigenvalue weighted by molar-refractivity contribution is 0.0827. The Hall–Kier alpha value is -3.07. The fraction of sp³-hybridized carbons (Fsp3) is 0.231. The van der Waals surface area contributed by atoms with Crippen LogP contribution in [0.3, 0.4) is 0 Å². The van der Waals surface area contributed by atoms with Gasteiger partial charge in [-0.2, -0.15) is 0 Å². The van der Waals surface area contributed by atoms with Gasteiger partial charge in [0.05, 0.1) is 0 Å². The summed E-state index contributed by atoms with van der Waals surface area (Å²) in [5, 5.41) is 6.61. The number of carbonyl (C=O) groups excluding carboxylic acids is 1. The molecule has 0 atom stereocenters. The van der Waals surface area contributed by atoms with Crippen LogP contribution >= 0.6 is 24.0 Å². The number of ether oxygens (including phenoxy) is 1. The monoisotopic (exact) mass is 558 g/mol. The second-order valence-electron chi connectivity index (χ2n) is 7.59. The summed E-state index contributed by atoms with van der Waals surface area (Å²) in [6.07, 6.45) is 0. The SMILES string of the molecule is CN=C(NCc1ccc(OCc2ccccc2)cc1)NCc1ccc(C(=O)N(C)C)cc1.I. The summed E-state index contributed by atoms with van der Waals surface area (Å²) in [6, 6.07) is 25.7. The first-order chi connectivity index (χ1) is 15.5. The van der Waals surface area contributed by atoms with Gasteiger partial charge in [0.1, 0.15) is 12.4 Å². The van der Waals surface area contributed by atoms with Crippen LogP contribution in [-0.4, -0.2) is 37.9 Å². The number of nitrogens with zero attached hydrogens (tertiary/aromatic N) is 2. The zero-order chi connectivity index (χ0) is 22.8. The lowest BCUT2D eigenvalue weighted by atomic mass is 10.1.